The number of ether oxygens (including phenoxy) is 3. The van der Waals surface area contributed by atoms with Crippen molar-refractivity contribution in [2.24, 2.45) is 0 Å². The van der Waals surface area contributed by atoms with E-state index in [1.165, 1.54) is 0 Å². The minimum Gasteiger partial charge on any atom is -0.506 e. The molecule has 6 heteroatoms. The molecule has 0 spiro atoms. The number of amides is 1. The lowest BCUT2D eigenvalue weighted by atomic mass is 10.1. The number of rotatable bonds is 8. The van der Waals surface area contributed by atoms with Gasteiger partial charge in [0, 0.05) is 5.56 Å². The Morgan fingerprint density at radius 3 is 1.93 bits per heavy atom. The van der Waals surface area contributed by atoms with Crippen LogP contribution in [0.5, 0.6) is 23.0 Å². The summed E-state index contributed by atoms with van der Waals surface area (Å²) < 4.78 is 16.9. The number of aromatic hydroxyl groups is 1. The van der Waals surface area contributed by atoms with Crippen molar-refractivity contribution in [1.29, 1.82) is 0 Å². The minimum atomic E-state index is -0.376. The van der Waals surface area contributed by atoms with E-state index in [1.54, 1.807) is 24.3 Å². The van der Waals surface area contributed by atoms with E-state index in [1.807, 2.05) is 34.6 Å². The van der Waals surface area contributed by atoms with Crippen molar-refractivity contribution in [3.8, 4) is 23.0 Å². The molecule has 2 aromatic rings. The average Bonchev–Trinajstić information content (AvgIpc) is 2.62. The fraction of sp³-hybridized carbons (Fsp3) is 0.381. The van der Waals surface area contributed by atoms with Crippen LogP contribution in [-0.4, -0.2) is 30.8 Å². The molecule has 0 radical (unpaired) electrons. The van der Waals surface area contributed by atoms with Gasteiger partial charge in [0.2, 0.25) is 5.75 Å². The molecule has 0 unspecified atom stereocenters. The van der Waals surface area contributed by atoms with E-state index in [0.29, 0.717) is 48.3 Å². The molecule has 0 atom stereocenters. The highest BCUT2D eigenvalue weighted by molar-refractivity contribution is 6.05. The van der Waals surface area contributed by atoms with Gasteiger partial charge in [0.15, 0.2) is 11.5 Å². The zero-order valence-electron chi connectivity index (χ0n) is 16.5. The smallest absolute Gasteiger partial charge is 0.256 e. The number of aryl methyl sites for hydroxylation is 2. The maximum absolute atomic E-state index is 12.8. The zero-order valence-corrected chi connectivity index (χ0v) is 16.5. The van der Waals surface area contributed by atoms with Gasteiger partial charge in [0.05, 0.1) is 25.5 Å². The number of carbonyl (C=O) groups is 1. The highest BCUT2D eigenvalue weighted by atomic mass is 16.5. The number of anilines is 1. The minimum absolute atomic E-state index is 0.0208. The Morgan fingerprint density at radius 1 is 0.889 bits per heavy atom. The third kappa shape index (κ3) is 4.84. The van der Waals surface area contributed by atoms with Gasteiger partial charge in [-0.3, -0.25) is 4.79 Å². The third-order valence-corrected chi connectivity index (χ3v) is 4.03. The van der Waals surface area contributed by atoms with E-state index in [2.05, 4.69) is 5.32 Å². The van der Waals surface area contributed by atoms with E-state index in [9.17, 15) is 9.90 Å². The molecule has 0 saturated heterocycles. The van der Waals surface area contributed by atoms with Crippen LogP contribution < -0.4 is 19.5 Å². The standard InChI is InChI=1S/C21H27NO5/c1-6-25-18-11-15(12-19(26-7-2)20(18)27-8-3)21(24)22-16-9-13(4)14(5)10-17(16)23/h9-12,23H,6-8H2,1-5H3,(H,22,24). The summed E-state index contributed by atoms with van der Waals surface area (Å²) in [7, 11) is 0. The molecule has 27 heavy (non-hydrogen) atoms. The molecular formula is C21H27NO5. The number of phenolic OH excluding ortho intramolecular Hbond substituents is 1. The van der Waals surface area contributed by atoms with Gasteiger partial charge in [0.25, 0.3) is 5.91 Å². The van der Waals surface area contributed by atoms with Crippen LogP contribution in [0, 0.1) is 13.8 Å². The highest BCUT2D eigenvalue weighted by Crippen LogP contribution is 2.39. The van der Waals surface area contributed by atoms with Gasteiger partial charge in [-0.1, -0.05) is 0 Å². The second-order valence-corrected chi connectivity index (χ2v) is 6.01. The van der Waals surface area contributed by atoms with E-state index in [-0.39, 0.29) is 11.7 Å². The molecular weight excluding hydrogens is 346 g/mol. The molecule has 0 fully saturated rings. The molecule has 0 aromatic heterocycles. The maximum atomic E-state index is 12.8. The van der Waals surface area contributed by atoms with Gasteiger partial charge in [-0.25, -0.2) is 0 Å². The first kappa shape index (κ1) is 20.4. The predicted octanol–water partition coefficient (Wildman–Crippen LogP) is 4.46. The highest BCUT2D eigenvalue weighted by Gasteiger charge is 2.19. The van der Waals surface area contributed by atoms with E-state index in [4.69, 9.17) is 14.2 Å². The molecule has 0 bridgehead atoms. The second kappa shape index (κ2) is 9.16. The summed E-state index contributed by atoms with van der Waals surface area (Å²) in [4.78, 5) is 12.8. The lowest BCUT2D eigenvalue weighted by Gasteiger charge is -2.17. The van der Waals surface area contributed by atoms with Crippen molar-refractivity contribution in [2.45, 2.75) is 34.6 Å². The molecule has 1 amide bonds. The monoisotopic (exact) mass is 373 g/mol. The Bertz CT molecular complexity index is 789. The van der Waals surface area contributed by atoms with Crippen molar-refractivity contribution in [3.05, 3.63) is 41.0 Å². The molecule has 146 valence electrons. The Morgan fingerprint density at radius 2 is 1.41 bits per heavy atom. The molecule has 2 N–H and O–H groups in total. The van der Waals surface area contributed by atoms with Crippen molar-refractivity contribution in [3.63, 3.8) is 0 Å². The Kier molecular flexibility index (Phi) is 6.93. The number of benzene rings is 2. The summed E-state index contributed by atoms with van der Waals surface area (Å²) >= 11 is 0. The van der Waals surface area contributed by atoms with Gasteiger partial charge in [-0.15, -0.1) is 0 Å². The van der Waals surface area contributed by atoms with Crippen LogP contribution in [0.2, 0.25) is 0 Å². The zero-order chi connectivity index (χ0) is 20.0. The van der Waals surface area contributed by atoms with Crippen LogP contribution in [0.25, 0.3) is 0 Å². The topological polar surface area (TPSA) is 77.0 Å². The van der Waals surface area contributed by atoms with Crippen molar-refractivity contribution >= 4 is 11.6 Å². The van der Waals surface area contributed by atoms with Crippen LogP contribution in [0.15, 0.2) is 24.3 Å². The van der Waals surface area contributed by atoms with Crippen LogP contribution in [0.3, 0.4) is 0 Å². The number of phenols is 1. The SMILES string of the molecule is CCOc1cc(C(=O)Nc2cc(C)c(C)cc2O)cc(OCC)c1OCC. The van der Waals surface area contributed by atoms with Crippen LogP contribution in [-0.2, 0) is 0 Å². The summed E-state index contributed by atoms with van der Waals surface area (Å²) in [6.45, 7) is 10.7. The second-order valence-electron chi connectivity index (χ2n) is 6.01. The number of nitrogens with one attached hydrogen (secondary N) is 1. The Balaban J connectivity index is 2.41. The fourth-order valence-electron chi connectivity index (χ4n) is 2.62. The van der Waals surface area contributed by atoms with E-state index < -0.39 is 0 Å². The Hall–Kier alpha value is -2.89. The van der Waals surface area contributed by atoms with Crippen LogP contribution >= 0.6 is 0 Å². The van der Waals surface area contributed by atoms with Gasteiger partial charge in [-0.05, 0) is 70.0 Å². The van der Waals surface area contributed by atoms with Gasteiger partial charge in [0.1, 0.15) is 5.75 Å². The molecule has 0 heterocycles. The largest absolute Gasteiger partial charge is 0.506 e. The van der Waals surface area contributed by atoms with Crippen molar-refractivity contribution in [2.75, 3.05) is 25.1 Å². The molecule has 0 aliphatic rings. The molecule has 0 saturated carbocycles. The maximum Gasteiger partial charge on any atom is 0.256 e. The molecule has 0 aliphatic heterocycles. The average molecular weight is 373 g/mol. The first-order valence-corrected chi connectivity index (χ1v) is 9.09. The first-order valence-electron chi connectivity index (χ1n) is 9.09. The molecule has 0 aliphatic carbocycles. The fourth-order valence-corrected chi connectivity index (χ4v) is 2.62. The number of hydrogen-bond donors (Lipinski definition) is 2. The number of carbonyl (C=O) groups excluding carboxylic acids is 1. The summed E-state index contributed by atoms with van der Waals surface area (Å²) in [5.41, 5.74) is 2.62. The summed E-state index contributed by atoms with van der Waals surface area (Å²) in [5.74, 6) is 1.01. The molecule has 2 rings (SSSR count). The summed E-state index contributed by atoms with van der Waals surface area (Å²) in [6.07, 6.45) is 0. The third-order valence-electron chi connectivity index (χ3n) is 4.03. The van der Waals surface area contributed by atoms with Crippen LogP contribution in [0.1, 0.15) is 42.3 Å². The van der Waals surface area contributed by atoms with Gasteiger partial charge in [-0.2, -0.15) is 0 Å². The van der Waals surface area contributed by atoms with Crippen LogP contribution in [0.4, 0.5) is 5.69 Å². The molecule has 2 aromatic carbocycles. The number of hydrogen-bond acceptors (Lipinski definition) is 5. The predicted molar refractivity (Wildman–Crippen MR) is 105 cm³/mol. The van der Waals surface area contributed by atoms with E-state index >= 15 is 0 Å². The normalized spacial score (nSPS) is 10.4. The summed E-state index contributed by atoms with van der Waals surface area (Å²) in [6, 6.07) is 6.60. The Labute approximate surface area is 160 Å². The lowest BCUT2D eigenvalue weighted by molar-refractivity contribution is 0.102. The van der Waals surface area contributed by atoms with E-state index in [0.717, 1.165) is 11.1 Å². The quantitative estimate of drug-likeness (QED) is 0.668. The van der Waals surface area contributed by atoms with Crippen molar-refractivity contribution < 1.29 is 24.1 Å². The van der Waals surface area contributed by atoms with Gasteiger partial charge < -0.3 is 24.6 Å². The lowest BCUT2D eigenvalue weighted by Crippen LogP contribution is -2.13. The summed E-state index contributed by atoms with van der Waals surface area (Å²) in [5, 5.41) is 12.9. The first-order chi connectivity index (χ1) is 12.9. The van der Waals surface area contributed by atoms with Crippen molar-refractivity contribution in [1.82, 2.24) is 0 Å². The van der Waals surface area contributed by atoms with Gasteiger partial charge >= 0.3 is 0 Å². The molecule has 6 nitrogen and oxygen atoms in total.